The van der Waals surface area contributed by atoms with Gasteiger partial charge in [0.05, 0.1) is 6.10 Å². The number of fused-ring (bicyclic) bond motifs is 5. The maximum absolute atomic E-state index is 12.5. The van der Waals surface area contributed by atoms with Crippen molar-refractivity contribution in [2.75, 3.05) is 0 Å². The Morgan fingerprint density at radius 3 is 2.12 bits per heavy atom. The van der Waals surface area contributed by atoms with E-state index in [0.717, 1.165) is 44.9 Å². The molecule has 0 aliphatic heterocycles. The third-order valence-corrected chi connectivity index (χ3v) is 12.3. The smallest absolute Gasteiger partial charge is 0.303 e. The van der Waals surface area contributed by atoms with Crippen LogP contribution in [0.25, 0.3) is 0 Å². The highest BCUT2D eigenvalue weighted by molar-refractivity contribution is 5.67. The largest absolute Gasteiger partial charge is 0.462 e. The van der Waals surface area contributed by atoms with Gasteiger partial charge in [-0.2, -0.15) is 0 Å². The Kier molecular flexibility index (Phi) is 9.91. The number of rotatable bonds is 9. The lowest BCUT2D eigenvalue weighted by atomic mass is 9.46. The van der Waals surface area contributed by atoms with Crippen LogP contribution >= 0.6 is 0 Å². The first-order valence-electron chi connectivity index (χ1n) is 16.5. The maximum atomic E-state index is 12.5. The summed E-state index contributed by atoms with van der Waals surface area (Å²) < 4.78 is 17.7. The number of hydrogen-bond donors (Lipinski definition) is 1. The van der Waals surface area contributed by atoms with Gasteiger partial charge in [-0.05, 0) is 85.4 Å². The molecule has 3 saturated carbocycles. The molecule has 0 spiro atoms. The molecular weight excluding hydrogens is 532 g/mol. The van der Waals surface area contributed by atoms with Gasteiger partial charge in [0, 0.05) is 39.0 Å². The molecule has 4 aliphatic carbocycles. The molecule has 0 heterocycles. The molecule has 7 heteroatoms. The van der Waals surface area contributed by atoms with E-state index in [9.17, 15) is 19.5 Å². The molecule has 0 saturated heterocycles. The summed E-state index contributed by atoms with van der Waals surface area (Å²) in [6.45, 7) is 17.7. The molecule has 0 aromatic heterocycles. The summed E-state index contributed by atoms with van der Waals surface area (Å²) in [6.07, 6.45) is 7.98. The molecular formula is C35H56O7. The molecule has 0 bridgehead atoms. The fourth-order valence-electron chi connectivity index (χ4n) is 10.4. The Balaban J connectivity index is 1.63. The molecule has 0 amide bonds. The number of ether oxygens (including phenoxy) is 3. The van der Waals surface area contributed by atoms with E-state index in [1.807, 2.05) is 0 Å². The van der Waals surface area contributed by atoms with E-state index in [0.29, 0.717) is 18.3 Å². The van der Waals surface area contributed by atoms with E-state index in [4.69, 9.17) is 14.2 Å². The molecule has 1 N–H and O–H groups in total. The zero-order chi connectivity index (χ0) is 31.1. The fourth-order valence-corrected chi connectivity index (χ4v) is 10.4. The monoisotopic (exact) mass is 588 g/mol. The minimum atomic E-state index is -0.520. The Bertz CT molecular complexity index is 1050. The number of carbonyl (C=O) groups is 3. The lowest BCUT2D eigenvalue weighted by Crippen LogP contribution is -2.56. The summed E-state index contributed by atoms with van der Waals surface area (Å²) in [5.74, 6) is 0.620. The molecule has 4 rings (SSSR count). The average molecular weight is 589 g/mol. The number of carbonyl (C=O) groups excluding carboxylic acids is 3. The van der Waals surface area contributed by atoms with Gasteiger partial charge >= 0.3 is 17.9 Å². The first-order chi connectivity index (χ1) is 19.6. The fraction of sp³-hybridized carbons (Fsp3) is 0.857. The van der Waals surface area contributed by atoms with Gasteiger partial charge in [0.15, 0.2) is 0 Å². The second-order valence-electron chi connectivity index (χ2n) is 14.9. The highest BCUT2D eigenvalue weighted by atomic mass is 16.6. The lowest BCUT2D eigenvalue weighted by molar-refractivity contribution is -0.182. The van der Waals surface area contributed by atoms with Crippen LogP contribution in [0.15, 0.2) is 11.6 Å². The van der Waals surface area contributed by atoms with Gasteiger partial charge in [-0.1, -0.05) is 53.2 Å². The summed E-state index contributed by atoms with van der Waals surface area (Å²) in [5.41, 5.74) is 1.26. The molecule has 42 heavy (non-hydrogen) atoms. The normalized spacial score (nSPS) is 38.6. The van der Waals surface area contributed by atoms with Crippen LogP contribution in [0.1, 0.15) is 114 Å². The Morgan fingerprint density at radius 1 is 0.905 bits per heavy atom. The van der Waals surface area contributed by atoms with Gasteiger partial charge in [-0.3, -0.25) is 14.4 Å². The van der Waals surface area contributed by atoms with Gasteiger partial charge in [0.2, 0.25) is 0 Å². The zero-order valence-corrected chi connectivity index (χ0v) is 27.5. The third kappa shape index (κ3) is 6.05. The highest BCUT2D eigenvalue weighted by Crippen LogP contribution is 2.67. The summed E-state index contributed by atoms with van der Waals surface area (Å²) in [6, 6.07) is 0. The molecule has 0 unspecified atom stereocenters. The van der Waals surface area contributed by atoms with Crippen molar-refractivity contribution in [2.45, 2.75) is 138 Å². The highest BCUT2D eigenvalue weighted by Gasteiger charge is 2.62. The van der Waals surface area contributed by atoms with Crippen LogP contribution in [0.5, 0.6) is 0 Å². The second-order valence-corrected chi connectivity index (χ2v) is 14.9. The molecule has 238 valence electrons. The Hall–Kier alpha value is -1.89. The predicted octanol–water partition coefficient (Wildman–Crippen LogP) is 6.65. The molecule has 0 aromatic carbocycles. The summed E-state index contributed by atoms with van der Waals surface area (Å²) in [4.78, 5) is 36.4. The zero-order valence-electron chi connectivity index (χ0n) is 27.5. The quantitative estimate of drug-likeness (QED) is 0.183. The Morgan fingerprint density at radius 2 is 1.55 bits per heavy atom. The van der Waals surface area contributed by atoms with Crippen molar-refractivity contribution >= 4 is 17.9 Å². The first kappa shape index (κ1) is 33.0. The second kappa shape index (κ2) is 12.6. The molecule has 3 fully saturated rings. The molecule has 0 radical (unpaired) electrons. The van der Waals surface area contributed by atoms with Gasteiger partial charge in [0.25, 0.3) is 0 Å². The van der Waals surface area contributed by atoms with Crippen molar-refractivity contribution in [2.24, 2.45) is 52.3 Å². The van der Waals surface area contributed by atoms with Crippen LogP contribution in [0.3, 0.4) is 0 Å². The van der Waals surface area contributed by atoms with Crippen molar-refractivity contribution in [3.63, 3.8) is 0 Å². The number of esters is 3. The van der Waals surface area contributed by atoms with Crippen LogP contribution in [-0.2, 0) is 28.6 Å². The number of aliphatic hydroxyl groups excluding tert-OH is 1. The summed E-state index contributed by atoms with van der Waals surface area (Å²) in [7, 11) is 0. The van der Waals surface area contributed by atoms with E-state index in [1.165, 1.54) is 26.3 Å². The van der Waals surface area contributed by atoms with Crippen molar-refractivity contribution in [3.05, 3.63) is 11.6 Å². The molecule has 12 atom stereocenters. The molecule has 0 aromatic rings. The third-order valence-electron chi connectivity index (χ3n) is 12.3. The lowest BCUT2D eigenvalue weighted by Gasteiger charge is -2.59. The van der Waals surface area contributed by atoms with Crippen LogP contribution in [0.4, 0.5) is 0 Å². The van der Waals surface area contributed by atoms with Gasteiger partial charge in [-0.25, -0.2) is 0 Å². The van der Waals surface area contributed by atoms with Crippen molar-refractivity contribution in [3.8, 4) is 0 Å². The number of hydrogen-bond acceptors (Lipinski definition) is 7. The van der Waals surface area contributed by atoms with E-state index in [-0.39, 0.29) is 64.4 Å². The summed E-state index contributed by atoms with van der Waals surface area (Å²) in [5, 5.41) is 11.7. The molecule has 7 nitrogen and oxygen atoms in total. The van der Waals surface area contributed by atoms with Gasteiger partial charge in [-0.15, -0.1) is 0 Å². The minimum absolute atomic E-state index is 0.000749. The van der Waals surface area contributed by atoms with Crippen LogP contribution in [0, 0.1) is 52.3 Å². The Labute approximate surface area is 253 Å². The van der Waals surface area contributed by atoms with E-state index in [2.05, 4.69) is 47.6 Å². The topological polar surface area (TPSA) is 99.1 Å². The van der Waals surface area contributed by atoms with Crippen molar-refractivity contribution in [1.29, 1.82) is 0 Å². The first-order valence-corrected chi connectivity index (χ1v) is 16.5. The van der Waals surface area contributed by atoms with Crippen LogP contribution in [0.2, 0.25) is 0 Å². The van der Waals surface area contributed by atoms with Crippen LogP contribution in [-0.4, -0.2) is 47.4 Å². The standard InChI is InChI=1S/C35H56O7/c1-10-26(19(2)3)33(42-23(7)38)32(41-22(6)37)20(4)27-11-12-28-31-29(14-16-35(27,28)9)34(8)15-13-25(40-21(5)36)17-24(34)18-30(31)39/h18-20,25-33,39H,10-17H2,1-9H3/t20-,25-,26-,27+,28-,29-,30-,31-,32+,33+,34-,35+/m0/s1. The van der Waals surface area contributed by atoms with E-state index in [1.54, 1.807) is 0 Å². The van der Waals surface area contributed by atoms with E-state index < -0.39 is 18.3 Å². The summed E-state index contributed by atoms with van der Waals surface area (Å²) >= 11 is 0. The maximum Gasteiger partial charge on any atom is 0.303 e. The van der Waals surface area contributed by atoms with Crippen LogP contribution < -0.4 is 0 Å². The predicted molar refractivity (Wildman–Crippen MR) is 161 cm³/mol. The molecule has 4 aliphatic rings. The van der Waals surface area contributed by atoms with Gasteiger partial charge in [0.1, 0.15) is 18.3 Å². The van der Waals surface area contributed by atoms with Crippen molar-refractivity contribution < 1.29 is 33.7 Å². The number of aliphatic hydroxyl groups is 1. The average Bonchev–Trinajstić information content (AvgIpc) is 3.24. The minimum Gasteiger partial charge on any atom is -0.462 e. The van der Waals surface area contributed by atoms with Gasteiger partial charge < -0.3 is 19.3 Å². The van der Waals surface area contributed by atoms with Crippen molar-refractivity contribution in [1.82, 2.24) is 0 Å². The SMILES string of the molecule is CC[C@@H](C(C)C)[C@@H](OC(C)=O)[C@H](OC(C)=O)[C@@H](C)[C@H]1CC[C@H]2[C@@H]3[C@@H](O)C=C4C[C@@H](OC(C)=O)CC[C@]4(C)[C@H]3CC[C@]12C. The van der Waals surface area contributed by atoms with E-state index >= 15 is 0 Å².